The number of aliphatic hydroxyl groups is 3. The first-order valence-electron chi connectivity index (χ1n) is 7.66. The van der Waals surface area contributed by atoms with Crippen LogP contribution < -0.4 is 0 Å². The van der Waals surface area contributed by atoms with E-state index in [1.807, 2.05) is 0 Å². The van der Waals surface area contributed by atoms with E-state index in [4.69, 9.17) is 15.3 Å². The van der Waals surface area contributed by atoms with Crippen molar-refractivity contribution in [3.05, 3.63) is 0 Å². The third-order valence-corrected chi connectivity index (χ3v) is 1.83. The predicted molar refractivity (Wildman–Crippen MR) is 90.1 cm³/mol. The maximum absolute atomic E-state index is 10.2. The smallest absolute Gasteiger partial charge is 0.438 e. The zero-order chi connectivity index (χ0) is 21.8. The molecule has 0 saturated heterocycles. The van der Waals surface area contributed by atoms with Gasteiger partial charge in [-0.2, -0.15) is 0 Å². The van der Waals surface area contributed by atoms with Crippen molar-refractivity contribution >= 4 is 18.5 Å². The maximum atomic E-state index is 10.2. The Morgan fingerprint density at radius 2 is 0.733 bits per heavy atom. The van der Waals surface area contributed by atoms with E-state index in [1.54, 1.807) is 0 Å². The van der Waals surface area contributed by atoms with Crippen molar-refractivity contribution in [1.29, 1.82) is 0 Å². The van der Waals surface area contributed by atoms with Crippen molar-refractivity contribution in [3.63, 3.8) is 0 Å². The maximum Gasteiger partial charge on any atom is 0.508 e. The average molecular weight is 669 g/mol. The fourth-order valence-electron chi connectivity index (χ4n) is 0.743. The van der Waals surface area contributed by atoms with E-state index in [1.165, 1.54) is 42.1 Å². The molecule has 0 aromatic carbocycles. The van der Waals surface area contributed by atoms with Gasteiger partial charge in [-0.1, -0.05) is 0 Å². The molecular formula is C15H30O12Y3. The van der Waals surface area contributed by atoms with E-state index in [2.05, 4.69) is 28.4 Å². The van der Waals surface area contributed by atoms with Crippen LogP contribution in [0, 0.1) is 0 Å². The number of carbonyl (C=O) groups excluding carboxylic acids is 3. The number of rotatable bonds is 6. The Morgan fingerprint density at radius 3 is 0.833 bits per heavy atom. The summed E-state index contributed by atoms with van der Waals surface area (Å²) in [5.41, 5.74) is 0. The fourth-order valence-corrected chi connectivity index (χ4v) is 0.743. The fraction of sp³-hybridized carbons (Fsp3) is 0.800. The van der Waals surface area contributed by atoms with Gasteiger partial charge >= 0.3 is 18.5 Å². The topological polar surface area (TPSA) is 167 Å². The molecule has 171 valence electrons. The summed E-state index contributed by atoms with van der Waals surface area (Å²) in [6.45, 7) is 4.49. The SMILES string of the molecule is COC(=O)OCC(C)O.COC(=O)OCC(C)O.COC(=O)OCC(C)O.[Y].[Y].[Y]. The van der Waals surface area contributed by atoms with Crippen molar-refractivity contribution in [1.82, 2.24) is 0 Å². The quantitative estimate of drug-likeness (QED) is 0.264. The van der Waals surface area contributed by atoms with E-state index in [-0.39, 0.29) is 118 Å². The Bertz CT molecular complexity index is 338. The molecule has 0 rings (SSSR count). The second-order valence-corrected chi connectivity index (χ2v) is 4.84. The molecule has 3 radical (unpaired) electrons. The molecule has 3 atom stereocenters. The second-order valence-electron chi connectivity index (χ2n) is 4.84. The predicted octanol–water partition coefficient (Wildman–Crippen LogP) is 0.443. The molecule has 0 aliphatic heterocycles. The minimum Gasteiger partial charge on any atom is -0.438 e. The van der Waals surface area contributed by atoms with Gasteiger partial charge in [0.2, 0.25) is 0 Å². The van der Waals surface area contributed by atoms with Crippen LogP contribution in [-0.4, -0.2) is 93.2 Å². The largest absolute Gasteiger partial charge is 0.508 e. The van der Waals surface area contributed by atoms with Gasteiger partial charge in [0, 0.05) is 98.1 Å². The van der Waals surface area contributed by atoms with E-state index in [9.17, 15) is 14.4 Å². The Kier molecular flexibility index (Phi) is 47.9. The van der Waals surface area contributed by atoms with E-state index >= 15 is 0 Å². The average Bonchev–Trinajstić information content (AvgIpc) is 2.62. The van der Waals surface area contributed by atoms with Crippen molar-refractivity contribution in [2.45, 2.75) is 39.1 Å². The number of hydrogen-bond acceptors (Lipinski definition) is 12. The van der Waals surface area contributed by atoms with E-state index < -0.39 is 36.8 Å². The van der Waals surface area contributed by atoms with Crippen LogP contribution in [0.4, 0.5) is 14.4 Å². The summed E-state index contributed by atoms with van der Waals surface area (Å²) in [7, 11) is 3.64. The van der Waals surface area contributed by atoms with Gasteiger partial charge in [-0.25, -0.2) is 14.4 Å². The van der Waals surface area contributed by atoms with Crippen molar-refractivity contribution in [2.24, 2.45) is 0 Å². The molecule has 0 bridgehead atoms. The van der Waals surface area contributed by atoms with Crippen LogP contribution >= 0.6 is 0 Å². The van der Waals surface area contributed by atoms with Gasteiger partial charge in [0.1, 0.15) is 19.8 Å². The van der Waals surface area contributed by atoms with Gasteiger partial charge in [-0.05, 0) is 20.8 Å². The van der Waals surface area contributed by atoms with Crippen LogP contribution in [0.1, 0.15) is 20.8 Å². The molecule has 30 heavy (non-hydrogen) atoms. The Morgan fingerprint density at radius 1 is 0.567 bits per heavy atom. The molecular weight excluding hydrogens is 639 g/mol. The van der Waals surface area contributed by atoms with Gasteiger partial charge in [0.25, 0.3) is 0 Å². The van der Waals surface area contributed by atoms with Gasteiger partial charge in [-0.3, -0.25) is 0 Å². The number of hydrogen-bond donors (Lipinski definition) is 3. The summed E-state index contributed by atoms with van der Waals surface area (Å²) < 4.78 is 25.4. The molecule has 0 saturated carbocycles. The van der Waals surface area contributed by atoms with Crippen LogP contribution in [0.15, 0.2) is 0 Å². The molecule has 15 heteroatoms. The minimum absolute atomic E-state index is 0. The standard InChI is InChI=1S/3C5H10O4.3Y/c3*1-4(6)3-9-5(7)8-2;;;/h3*4,6H,3H2,1-2H3;;;. The summed E-state index contributed by atoms with van der Waals surface area (Å²) in [4.78, 5) is 30.5. The molecule has 3 N–H and O–H groups in total. The van der Waals surface area contributed by atoms with Gasteiger partial charge in [-0.15, -0.1) is 0 Å². The van der Waals surface area contributed by atoms with Crippen LogP contribution in [0.25, 0.3) is 0 Å². The minimum atomic E-state index is -0.768. The van der Waals surface area contributed by atoms with E-state index in [0.29, 0.717) is 0 Å². The number of ether oxygens (including phenoxy) is 6. The molecule has 0 heterocycles. The monoisotopic (exact) mass is 669 g/mol. The molecule has 0 fully saturated rings. The van der Waals surface area contributed by atoms with Crippen LogP contribution in [-0.2, 0) is 127 Å². The molecule has 12 nitrogen and oxygen atoms in total. The first-order valence-corrected chi connectivity index (χ1v) is 7.66. The van der Waals surface area contributed by atoms with Gasteiger partial charge in [0.05, 0.1) is 39.6 Å². The summed E-state index contributed by atoms with van der Waals surface area (Å²) >= 11 is 0. The van der Waals surface area contributed by atoms with Crippen LogP contribution in [0.5, 0.6) is 0 Å². The normalized spacial score (nSPS) is 11.1. The van der Waals surface area contributed by atoms with Crippen LogP contribution in [0.3, 0.4) is 0 Å². The molecule has 0 aliphatic rings. The summed E-state index contributed by atoms with van der Waals surface area (Å²) in [5.74, 6) is 0. The molecule has 0 aromatic rings. The number of carbonyl (C=O) groups is 3. The number of methoxy groups -OCH3 is 3. The number of aliphatic hydroxyl groups excluding tert-OH is 3. The second kappa shape index (κ2) is 32.2. The molecule has 0 aromatic heterocycles. The van der Waals surface area contributed by atoms with Crippen LogP contribution in [0.2, 0.25) is 0 Å². The Labute approximate surface area is 252 Å². The van der Waals surface area contributed by atoms with E-state index in [0.717, 1.165) is 0 Å². The molecule has 0 spiro atoms. The molecule has 0 amide bonds. The molecule has 0 aliphatic carbocycles. The van der Waals surface area contributed by atoms with Gasteiger partial charge in [0.15, 0.2) is 0 Å². The van der Waals surface area contributed by atoms with Crippen molar-refractivity contribution in [3.8, 4) is 0 Å². The summed E-state index contributed by atoms with van der Waals surface area (Å²) in [6, 6.07) is 0. The van der Waals surface area contributed by atoms with Crippen molar-refractivity contribution < 1.29 is 156 Å². The zero-order valence-corrected chi connectivity index (χ0v) is 26.6. The Hall–Kier alpha value is 1.00. The molecule has 3 unspecified atom stereocenters. The zero-order valence-electron chi connectivity index (χ0n) is 18.1. The third-order valence-electron chi connectivity index (χ3n) is 1.83. The summed E-state index contributed by atoms with van der Waals surface area (Å²) in [5, 5.41) is 25.7. The first-order chi connectivity index (χ1) is 12.5. The first kappa shape index (κ1) is 44.6. The van der Waals surface area contributed by atoms with Gasteiger partial charge < -0.3 is 43.7 Å². The van der Waals surface area contributed by atoms with Crippen molar-refractivity contribution in [2.75, 3.05) is 41.2 Å². The third kappa shape index (κ3) is 47.0. The summed E-state index contributed by atoms with van der Waals surface area (Å²) in [6.07, 6.45) is -4.21. The Balaban J connectivity index is -0.0000000686.